The summed E-state index contributed by atoms with van der Waals surface area (Å²) in [4.78, 5) is 0. The van der Waals surface area contributed by atoms with Crippen LogP contribution in [-0.2, 0) is 13.1 Å². The van der Waals surface area contributed by atoms with E-state index in [1.54, 1.807) is 0 Å². The molecule has 0 atom stereocenters. The molecule has 0 unspecified atom stereocenters. The molecule has 3 nitrogen and oxygen atoms in total. The second-order valence-electron chi connectivity index (χ2n) is 4.41. The number of nitrogens with zero attached hydrogens (tertiary/aromatic N) is 2. The van der Waals surface area contributed by atoms with Gasteiger partial charge in [-0.3, -0.25) is 4.68 Å². The Hall–Kier alpha value is -0.830. The van der Waals surface area contributed by atoms with Crippen LogP contribution < -0.4 is 5.32 Å². The van der Waals surface area contributed by atoms with Gasteiger partial charge in [0.1, 0.15) is 0 Å². The van der Waals surface area contributed by atoms with E-state index in [1.807, 2.05) is 13.2 Å². The monoisotopic (exact) mass is 223 g/mol. The maximum atomic E-state index is 4.35. The molecule has 0 saturated carbocycles. The van der Waals surface area contributed by atoms with E-state index in [1.165, 1.54) is 44.1 Å². The molecule has 0 spiro atoms. The van der Waals surface area contributed by atoms with Crippen LogP contribution in [-0.4, -0.2) is 16.8 Å². The van der Waals surface area contributed by atoms with E-state index in [0.717, 1.165) is 13.1 Å². The number of rotatable bonds is 9. The lowest BCUT2D eigenvalue weighted by atomic mass is 10.1. The Morgan fingerprint density at radius 1 is 1.19 bits per heavy atom. The Labute approximate surface area is 99.2 Å². The van der Waals surface area contributed by atoms with Crippen molar-refractivity contribution in [1.29, 1.82) is 0 Å². The van der Waals surface area contributed by atoms with Gasteiger partial charge in [-0.1, -0.05) is 39.0 Å². The summed E-state index contributed by atoms with van der Waals surface area (Å²) in [5, 5.41) is 7.48. The molecule has 16 heavy (non-hydrogen) atoms. The van der Waals surface area contributed by atoms with E-state index < -0.39 is 0 Å². The molecule has 0 aliphatic heterocycles. The minimum atomic E-state index is 0.913. The maximum Gasteiger partial charge on any atom is 0.0534 e. The molecule has 0 fully saturated rings. The fraction of sp³-hybridized carbons (Fsp3) is 0.769. The second-order valence-corrected chi connectivity index (χ2v) is 4.41. The summed E-state index contributed by atoms with van der Waals surface area (Å²) in [7, 11) is 1.96. The lowest BCUT2D eigenvalue weighted by Gasteiger charge is -2.01. The van der Waals surface area contributed by atoms with Crippen molar-refractivity contribution in [2.75, 3.05) is 7.05 Å². The van der Waals surface area contributed by atoms with Crippen LogP contribution in [0.3, 0.4) is 0 Å². The van der Waals surface area contributed by atoms with Crippen molar-refractivity contribution in [2.24, 2.45) is 0 Å². The molecule has 92 valence electrons. The molecular formula is C13H25N3. The molecule has 0 bridgehead atoms. The van der Waals surface area contributed by atoms with Crippen LogP contribution >= 0.6 is 0 Å². The van der Waals surface area contributed by atoms with Gasteiger partial charge in [-0.2, -0.15) is 5.10 Å². The highest BCUT2D eigenvalue weighted by molar-refractivity contribution is 5.02. The number of aryl methyl sites for hydroxylation is 1. The van der Waals surface area contributed by atoms with Crippen LogP contribution in [0.15, 0.2) is 12.4 Å². The van der Waals surface area contributed by atoms with Gasteiger partial charge in [0.05, 0.1) is 6.20 Å². The summed E-state index contributed by atoms with van der Waals surface area (Å²) in [5.74, 6) is 0. The van der Waals surface area contributed by atoms with Crippen LogP contribution in [0.1, 0.15) is 51.0 Å². The molecule has 0 amide bonds. The van der Waals surface area contributed by atoms with Gasteiger partial charge in [-0.25, -0.2) is 0 Å². The van der Waals surface area contributed by atoms with Crippen molar-refractivity contribution in [3.05, 3.63) is 18.0 Å². The first-order chi connectivity index (χ1) is 7.86. The maximum absolute atomic E-state index is 4.35. The molecule has 0 aliphatic carbocycles. The van der Waals surface area contributed by atoms with Gasteiger partial charge in [0.25, 0.3) is 0 Å². The molecule has 0 saturated heterocycles. The Morgan fingerprint density at radius 3 is 2.69 bits per heavy atom. The van der Waals surface area contributed by atoms with Gasteiger partial charge in [-0.05, 0) is 13.5 Å². The normalized spacial score (nSPS) is 10.9. The predicted molar refractivity (Wildman–Crippen MR) is 68.4 cm³/mol. The summed E-state index contributed by atoms with van der Waals surface area (Å²) >= 11 is 0. The average molecular weight is 223 g/mol. The minimum Gasteiger partial charge on any atom is -0.316 e. The first kappa shape index (κ1) is 13.2. The van der Waals surface area contributed by atoms with Crippen molar-refractivity contribution in [3.63, 3.8) is 0 Å². The van der Waals surface area contributed by atoms with Crippen LogP contribution in [0.5, 0.6) is 0 Å². The summed E-state index contributed by atoms with van der Waals surface area (Å²) in [6, 6.07) is 0. The molecule has 0 aromatic carbocycles. The topological polar surface area (TPSA) is 29.9 Å². The molecule has 1 aromatic heterocycles. The first-order valence-corrected chi connectivity index (χ1v) is 6.52. The van der Waals surface area contributed by atoms with Crippen molar-refractivity contribution >= 4 is 0 Å². The lowest BCUT2D eigenvalue weighted by Crippen LogP contribution is -2.04. The lowest BCUT2D eigenvalue weighted by molar-refractivity contribution is 0.527. The highest BCUT2D eigenvalue weighted by atomic mass is 15.3. The molecule has 1 rings (SSSR count). The summed E-state index contributed by atoms with van der Waals surface area (Å²) in [6.07, 6.45) is 12.2. The number of hydrogen-bond donors (Lipinski definition) is 1. The van der Waals surface area contributed by atoms with Gasteiger partial charge in [0.15, 0.2) is 0 Å². The van der Waals surface area contributed by atoms with Crippen molar-refractivity contribution in [1.82, 2.24) is 15.1 Å². The SMILES string of the molecule is CCCCCCCCn1cc(CNC)cn1. The average Bonchev–Trinajstić information content (AvgIpc) is 2.72. The molecule has 1 N–H and O–H groups in total. The van der Waals surface area contributed by atoms with E-state index in [4.69, 9.17) is 0 Å². The first-order valence-electron chi connectivity index (χ1n) is 6.52. The van der Waals surface area contributed by atoms with Gasteiger partial charge in [0, 0.05) is 24.8 Å². The predicted octanol–water partition coefficient (Wildman–Crippen LogP) is 2.96. The van der Waals surface area contributed by atoms with Gasteiger partial charge < -0.3 is 5.32 Å². The Bertz CT molecular complexity index is 268. The van der Waals surface area contributed by atoms with E-state index in [-0.39, 0.29) is 0 Å². The zero-order chi connectivity index (χ0) is 11.6. The Balaban J connectivity index is 2.07. The summed E-state index contributed by atoms with van der Waals surface area (Å²) in [5.41, 5.74) is 1.27. The van der Waals surface area contributed by atoms with Gasteiger partial charge in [-0.15, -0.1) is 0 Å². The van der Waals surface area contributed by atoms with Crippen LogP contribution in [0, 0.1) is 0 Å². The third-order valence-electron chi connectivity index (χ3n) is 2.81. The van der Waals surface area contributed by atoms with Crippen molar-refractivity contribution < 1.29 is 0 Å². The smallest absolute Gasteiger partial charge is 0.0534 e. The zero-order valence-corrected chi connectivity index (χ0v) is 10.7. The van der Waals surface area contributed by atoms with Gasteiger partial charge in [0.2, 0.25) is 0 Å². The van der Waals surface area contributed by atoms with E-state index in [2.05, 4.69) is 28.2 Å². The minimum absolute atomic E-state index is 0.913. The molecule has 1 aromatic rings. The highest BCUT2D eigenvalue weighted by Gasteiger charge is 1.97. The van der Waals surface area contributed by atoms with E-state index in [0.29, 0.717) is 0 Å². The molecular weight excluding hydrogens is 198 g/mol. The van der Waals surface area contributed by atoms with Crippen molar-refractivity contribution in [3.8, 4) is 0 Å². The number of hydrogen-bond acceptors (Lipinski definition) is 2. The summed E-state index contributed by atoms with van der Waals surface area (Å²) < 4.78 is 2.06. The summed E-state index contributed by atoms with van der Waals surface area (Å²) in [6.45, 7) is 4.24. The second kappa shape index (κ2) is 8.34. The standard InChI is InChI=1S/C13H25N3/c1-3-4-5-6-7-8-9-16-12-13(10-14-2)11-15-16/h11-12,14H,3-10H2,1-2H3. The highest BCUT2D eigenvalue weighted by Crippen LogP contribution is 2.06. The fourth-order valence-electron chi connectivity index (χ4n) is 1.88. The third kappa shape index (κ3) is 5.31. The fourth-order valence-corrected chi connectivity index (χ4v) is 1.88. The number of nitrogens with one attached hydrogen (secondary N) is 1. The van der Waals surface area contributed by atoms with Gasteiger partial charge >= 0.3 is 0 Å². The molecule has 3 heteroatoms. The largest absolute Gasteiger partial charge is 0.316 e. The van der Waals surface area contributed by atoms with Crippen molar-refractivity contribution in [2.45, 2.75) is 58.5 Å². The van der Waals surface area contributed by atoms with E-state index in [9.17, 15) is 0 Å². The Morgan fingerprint density at radius 2 is 1.94 bits per heavy atom. The molecule has 0 radical (unpaired) electrons. The van der Waals surface area contributed by atoms with Crippen LogP contribution in [0.4, 0.5) is 0 Å². The zero-order valence-electron chi connectivity index (χ0n) is 10.7. The molecule has 0 aliphatic rings. The Kier molecular flexibility index (Phi) is 6.90. The molecule has 1 heterocycles. The number of aromatic nitrogens is 2. The third-order valence-corrected chi connectivity index (χ3v) is 2.81. The van der Waals surface area contributed by atoms with E-state index >= 15 is 0 Å². The van der Waals surface area contributed by atoms with Crippen LogP contribution in [0.2, 0.25) is 0 Å². The quantitative estimate of drug-likeness (QED) is 0.652. The number of unbranched alkanes of at least 4 members (excludes halogenated alkanes) is 5. The van der Waals surface area contributed by atoms with Crippen LogP contribution in [0.25, 0.3) is 0 Å².